The van der Waals surface area contributed by atoms with Crippen LogP contribution in [0.3, 0.4) is 0 Å². The lowest BCUT2D eigenvalue weighted by Gasteiger charge is -2.24. The molecule has 1 aliphatic heterocycles. The first-order valence-electron chi connectivity index (χ1n) is 4.99. The molecule has 1 aliphatic rings. The van der Waals surface area contributed by atoms with Gasteiger partial charge >= 0.3 is 0 Å². The van der Waals surface area contributed by atoms with Gasteiger partial charge in [0.1, 0.15) is 12.0 Å². The summed E-state index contributed by atoms with van der Waals surface area (Å²) in [5.74, 6) is -0.221. The van der Waals surface area contributed by atoms with Crippen LogP contribution in [0.25, 0.3) is 0 Å². The number of halogens is 1. The zero-order chi connectivity index (χ0) is 9.80. The van der Waals surface area contributed by atoms with E-state index in [0.717, 1.165) is 25.9 Å². The summed E-state index contributed by atoms with van der Waals surface area (Å²) in [4.78, 5) is 0. The Balaban J connectivity index is 1.99. The van der Waals surface area contributed by atoms with Crippen molar-refractivity contribution in [2.75, 3.05) is 11.9 Å². The van der Waals surface area contributed by atoms with E-state index in [1.807, 2.05) is 6.07 Å². The predicted molar refractivity (Wildman–Crippen MR) is 53.6 cm³/mol. The van der Waals surface area contributed by atoms with Crippen molar-refractivity contribution in [3.05, 3.63) is 30.1 Å². The first-order valence-corrected chi connectivity index (χ1v) is 4.99. The van der Waals surface area contributed by atoms with Gasteiger partial charge in [-0.3, -0.25) is 0 Å². The van der Waals surface area contributed by atoms with Crippen LogP contribution < -0.4 is 5.32 Å². The highest BCUT2D eigenvalue weighted by atomic mass is 19.1. The number of para-hydroxylation sites is 1. The first kappa shape index (κ1) is 9.46. The van der Waals surface area contributed by atoms with Crippen molar-refractivity contribution in [2.45, 2.75) is 25.5 Å². The van der Waals surface area contributed by atoms with Gasteiger partial charge < -0.3 is 10.1 Å². The van der Waals surface area contributed by atoms with Crippen LogP contribution in [0.5, 0.6) is 0 Å². The SMILES string of the molecule is Fc1ccccc1NC1CCCCO1. The fourth-order valence-corrected chi connectivity index (χ4v) is 1.61. The van der Waals surface area contributed by atoms with Crippen LogP contribution in [-0.2, 0) is 4.74 Å². The van der Waals surface area contributed by atoms with E-state index in [1.165, 1.54) is 6.07 Å². The van der Waals surface area contributed by atoms with E-state index in [2.05, 4.69) is 5.32 Å². The lowest BCUT2D eigenvalue weighted by Crippen LogP contribution is -2.27. The highest BCUT2D eigenvalue weighted by molar-refractivity contribution is 5.44. The van der Waals surface area contributed by atoms with Crippen LogP contribution in [0, 0.1) is 5.82 Å². The van der Waals surface area contributed by atoms with E-state index >= 15 is 0 Å². The van der Waals surface area contributed by atoms with Gasteiger partial charge in [-0.2, -0.15) is 0 Å². The Kier molecular flexibility index (Phi) is 2.99. The summed E-state index contributed by atoms with van der Waals surface area (Å²) < 4.78 is 18.7. The molecule has 3 heteroatoms. The van der Waals surface area contributed by atoms with Gasteiger partial charge in [0.05, 0.1) is 5.69 Å². The van der Waals surface area contributed by atoms with E-state index < -0.39 is 0 Å². The average molecular weight is 195 g/mol. The average Bonchev–Trinajstić information content (AvgIpc) is 2.23. The van der Waals surface area contributed by atoms with Crippen molar-refractivity contribution in [1.29, 1.82) is 0 Å². The van der Waals surface area contributed by atoms with Crippen LogP contribution in [0.15, 0.2) is 24.3 Å². The highest BCUT2D eigenvalue weighted by Gasteiger charge is 2.14. The molecule has 0 bridgehead atoms. The second-order valence-electron chi connectivity index (χ2n) is 3.48. The lowest BCUT2D eigenvalue weighted by atomic mass is 10.2. The third kappa shape index (κ3) is 2.23. The molecule has 0 saturated carbocycles. The molecular weight excluding hydrogens is 181 g/mol. The minimum absolute atomic E-state index is 0.0272. The third-order valence-corrected chi connectivity index (χ3v) is 2.37. The molecule has 0 aromatic heterocycles. The molecular formula is C11H14FNO. The molecule has 14 heavy (non-hydrogen) atoms. The van der Waals surface area contributed by atoms with Crippen molar-refractivity contribution in [1.82, 2.24) is 0 Å². The number of benzene rings is 1. The summed E-state index contributed by atoms with van der Waals surface area (Å²) in [6.07, 6.45) is 3.18. The molecule has 1 fully saturated rings. The quantitative estimate of drug-likeness (QED) is 0.783. The summed E-state index contributed by atoms with van der Waals surface area (Å²) in [6, 6.07) is 6.68. The Hall–Kier alpha value is -1.09. The summed E-state index contributed by atoms with van der Waals surface area (Å²) in [5, 5.41) is 3.05. The maximum Gasteiger partial charge on any atom is 0.146 e. The number of anilines is 1. The fraction of sp³-hybridized carbons (Fsp3) is 0.455. The van der Waals surface area contributed by atoms with Crippen molar-refractivity contribution in [3.63, 3.8) is 0 Å². The normalized spacial score (nSPS) is 21.9. The topological polar surface area (TPSA) is 21.3 Å². The molecule has 1 heterocycles. The first-order chi connectivity index (χ1) is 6.86. The number of hydrogen-bond donors (Lipinski definition) is 1. The standard InChI is InChI=1S/C11H14FNO/c12-9-5-1-2-6-10(9)13-11-7-3-4-8-14-11/h1-2,5-6,11,13H,3-4,7-8H2. The maximum absolute atomic E-state index is 13.2. The van der Waals surface area contributed by atoms with E-state index in [4.69, 9.17) is 4.74 Å². The zero-order valence-corrected chi connectivity index (χ0v) is 8.00. The number of ether oxygens (including phenoxy) is 1. The van der Waals surface area contributed by atoms with Crippen LogP contribution in [0.2, 0.25) is 0 Å². The maximum atomic E-state index is 13.2. The molecule has 1 saturated heterocycles. The third-order valence-electron chi connectivity index (χ3n) is 2.37. The molecule has 2 rings (SSSR count). The van der Waals surface area contributed by atoms with Crippen molar-refractivity contribution in [2.24, 2.45) is 0 Å². The van der Waals surface area contributed by atoms with Crippen LogP contribution in [0.1, 0.15) is 19.3 Å². The van der Waals surface area contributed by atoms with Crippen LogP contribution in [0.4, 0.5) is 10.1 Å². The Bertz CT molecular complexity index is 297. The summed E-state index contributed by atoms with van der Waals surface area (Å²) >= 11 is 0. The van der Waals surface area contributed by atoms with Gasteiger partial charge in [0.25, 0.3) is 0 Å². The summed E-state index contributed by atoms with van der Waals surface area (Å²) in [7, 11) is 0. The Morgan fingerprint density at radius 3 is 2.86 bits per heavy atom. The van der Waals surface area contributed by atoms with E-state index in [9.17, 15) is 4.39 Å². The van der Waals surface area contributed by atoms with Crippen molar-refractivity contribution in [3.8, 4) is 0 Å². The number of rotatable bonds is 2. The molecule has 0 radical (unpaired) electrons. The van der Waals surface area contributed by atoms with Gasteiger partial charge in [0.2, 0.25) is 0 Å². The number of nitrogens with one attached hydrogen (secondary N) is 1. The highest BCUT2D eigenvalue weighted by Crippen LogP contribution is 2.18. The predicted octanol–water partition coefficient (Wildman–Crippen LogP) is 2.76. The van der Waals surface area contributed by atoms with Gasteiger partial charge in [-0.15, -0.1) is 0 Å². The Morgan fingerprint density at radius 1 is 1.29 bits per heavy atom. The molecule has 1 aromatic carbocycles. The van der Waals surface area contributed by atoms with Gasteiger partial charge in [0, 0.05) is 6.61 Å². The number of hydrogen-bond acceptors (Lipinski definition) is 2. The van der Waals surface area contributed by atoms with Gasteiger partial charge in [-0.05, 0) is 31.4 Å². The molecule has 1 unspecified atom stereocenters. The van der Waals surface area contributed by atoms with Gasteiger partial charge in [-0.25, -0.2) is 4.39 Å². The van der Waals surface area contributed by atoms with Crippen molar-refractivity contribution >= 4 is 5.69 Å². The van der Waals surface area contributed by atoms with Gasteiger partial charge in [-0.1, -0.05) is 12.1 Å². The monoisotopic (exact) mass is 195 g/mol. The van der Waals surface area contributed by atoms with Gasteiger partial charge in [0.15, 0.2) is 0 Å². The van der Waals surface area contributed by atoms with Crippen LogP contribution in [-0.4, -0.2) is 12.8 Å². The van der Waals surface area contributed by atoms with E-state index in [1.54, 1.807) is 12.1 Å². The van der Waals surface area contributed by atoms with E-state index in [0.29, 0.717) is 5.69 Å². The second-order valence-corrected chi connectivity index (χ2v) is 3.48. The molecule has 76 valence electrons. The van der Waals surface area contributed by atoms with E-state index in [-0.39, 0.29) is 12.0 Å². The smallest absolute Gasteiger partial charge is 0.146 e. The minimum Gasteiger partial charge on any atom is -0.359 e. The molecule has 1 aromatic rings. The fourth-order valence-electron chi connectivity index (χ4n) is 1.61. The lowest BCUT2D eigenvalue weighted by molar-refractivity contribution is 0.0341. The molecule has 1 N–H and O–H groups in total. The largest absolute Gasteiger partial charge is 0.359 e. The molecule has 0 amide bonds. The second kappa shape index (κ2) is 4.42. The van der Waals surface area contributed by atoms with Crippen molar-refractivity contribution < 1.29 is 9.13 Å². The Morgan fingerprint density at radius 2 is 2.14 bits per heavy atom. The van der Waals surface area contributed by atoms with Crippen LogP contribution >= 0.6 is 0 Å². The molecule has 1 atom stereocenters. The summed E-state index contributed by atoms with van der Waals surface area (Å²) in [5.41, 5.74) is 0.527. The molecule has 0 spiro atoms. The minimum atomic E-state index is -0.221. The molecule has 0 aliphatic carbocycles. The Labute approximate surface area is 83.1 Å². The molecule has 2 nitrogen and oxygen atoms in total. The summed E-state index contributed by atoms with van der Waals surface area (Å²) in [6.45, 7) is 0.770. The zero-order valence-electron chi connectivity index (χ0n) is 8.00.